The van der Waals surface area contributed by atoms with E-state index in [0.29, 0.717) is 6.04 Å². The number of allylic oxidation sites excluding steroid dienone is 2. The molecule has 10 heavy (non-hydrogen) atoms. The first-order valence-electron chi connectivity index (χ1n) is 3.84. The summed E-state index contributed by atoms with van der Waals surface area (Å²) in [6, 6.07) is 0.584. The lowest BCUT2D eigenvalue weighted by Gasteiger charge is -1.95. The fraction of sp³-hybridized carbons (Fsp3) is 0.750. The zero-order chi connectivity index (χ0) is 7.40. The standard InChI is InChI=1S/C8H15NO/c1-2-3-4-7-5-8(7)9-6-10/h2-3,7-10H,4-6H2,1H3/b3-2-. The van der Waals surface area contributed by atoms with Crippen LogP contribution in [0, 0.1) is 5.92 Å². The molecule has 2 heteroatoms. The van der Waals surface area contributed by atoms with E-state index in [0.717, 1.165) is 12.3 Å². The highest BCUT2D eigenvalue weighted by Gasteiger charge is 2.34. The lowest BCUT2D eigenvalue weighted by molar-refractivity contribution is 0.256. The van der Waals surface area contributed by atoms with Crippen LogP contribution < -0.4 is 5.32 Å². The number of rotatable bonds is 4. The molecular weight excluding hydrogens is 126 g/mol. The van der Waals surface area contributed by atoms with Gasteiger partial charge >= 0.3 is 0 Å². The van der Waals surface area contributed by atoms with E-state index < -0.39 is 0 Å². The van der Waals surface area contributed by atoms with Crippen LogP contribution in [0.4, 0.5) is 0 Å². The molecule has 1 rings (SSSR count). The minimum Gasteiger partial charge on any atom is -0.381 e. The molecule has 0 bridgehead atoms. The Labute approximate surface area is 61.9 Å². The summed E-state index contributed by atoms with van der Waals surface area (Å²) >= 11 is 0. The Bertz CT molecular complexity index is 122. The third-order valence-corrected chi connectivity index (χ3v) is 1.95. The van der Waals surface area contributed by atoms with Crippen LogP contribution in [0.5, 0.6) is 0 Å². The highest BCUT2D eigenvalue weighted by molar-refractivity contribution is 4.97. The molecule has 1 aliphatic rings. The number of hydrogen-bond donors (Lipinski definition) is 2. The van der Waals surface area contributed by atoms with Gasteiger partial charge in [-0.3, -0.25) is 5.32 Å². The molecule has 0 aromatic rings. The van der Waals surface area contributed by atoms with E-state index in [-0.39, 0.29) is 6.73 Å². The molecule has 0 aromatic carbocycles. The minimum absolute atomic E-state index is 0.122. The molecule has 0 amide bonds. The zero-order valence-corrected chi connectivity index (χ0v) is 6.38. The van der Waals surface area contributed by atoms with Crippen molar-refractivity contribution in [2.75, 3.05) is 6.73 Å². The summed E-state index contributed by atoms with van der Waals surface area (Å²) < 4.78 is 0. The van der Waals surface area contributed by atoms with Gasteiger partial charge in [0.1, 0.15) is 0 Å². The van der Waals surface area contributed by atoms with Crippen molar-refractivity contribution in [3.05, 3.63) is 12.2 Å². The number of nitrogens with one attached hydrogen (secondary N) is 1. The number of aliphatic hydroxyl groups is 1. The predicted octanol–water partition coefficient (Wildman–Crippen LogP) is 0.881. The second kappa shape index (κ2) is 3.74. The van der Waals surface area contributed by atoms with Gasteiger partial charge in [0.2, 0.25) is 0 Å². The molecule has 2 N–H and O–H groups in total. The average Bonchev–Trinajstić information content (AvgIpc) is 2.65. The van der Waals surface area contributed by atoms with E-state index in [1.807, 2.05) is 6.92 Å². The van der Waals surface area contributed by atoms with E-state index in [1.54, 1.807) is 0 Å². The Kier molecular flexibility index (Phi) is 2.90. The summed E-state index contributed by atoms with van der Waals surface area (Å²) in [4.78, 5) is 0. The Morgan fingerprint density at radius 3 is 3.10 bits per heavy atom. The molecule has 0 radical (unpaired) electrons. The summed E-state index contributed by atoms with van der Waals surface area (Å²) in [6.45, 7) is 2.16. The summed E-state index contributed by atoms with van der Waals surface area (Å²) in [5, 5.41) is 11.5. The van der Waals surface area contributed by atoms with Gasteiger partial charge in [0.25, 0.3) is 0 Å². The SMILES string of the molecule is C/C=C\CC1CC1NCO. The van der Waals surface area contributed by atoms with E-state index in [4.69, 9.17) is 5.11 Å². The molecule has 2 atom stereocenters. The Hall–Kier alpha value is -0.340. The molecular formula is C8H15NO. The highest BCUT2D eigenvalue weighted by Crippen LogP contribution is 2.33. The summed E-state index contributed by atoms with van der Waals surface area (Å²) in [5.41, 5.74) is 0. The van der Waals surface area contributed by atoms with Crippen molar-refractivity contribution in [2.45, 2.75) is 25.8 Å². The van der Waals surface area contributed by atoms with Crippen LogP contribution in [-0.2, 0) is 0 Å². The predicted molar refractivity (Wildman–Crippen MR) is 41.5 cm³/mol. The summed E-state index contributed by atoms with van der Waals surface area (Å²) in [7, 11) is 0. The smallest absolute Gasteiger partial charge is 0.0933 e. The normalized spacial score (nSPS) is 31.4. The van der Waals surface area contributed by atoms with Crippen molar-refractivity contribution in [3.8, 4) is 0 Å². The number of aliphatic hydroxyl groups excluding tert-OH is 1. The largest absolute Gasteiger partial charge is 0.381 e. The Morgan fingerprint density at radius 1 is 1.70 bits per heavy atom. The lowest BCUT2D eigenvalue weighted by atomic mass is 10.2. The molecule has 1 fully saturated rings. The molecule has 1 saturated carbocycles. The second-order valence-corrected chi connectivity index (χ2v) is 2.77. The van der Waals surface area contributed by atoms with Gasteiger partial charge in [-0.05, 0) is 25.7 Å². The van der Waals surface area contributed by atoms with Crippen LogP contribution in [0.15, 0.2) is 12.2 Å². The summed E-state index contributed by atoms with van der Waals surface area (Å²) in [6.07, 6.45) is 6.65. The van der Waals surface area contributed by atoms with Gasteiger partial charge < -0.3 is 5.11 Å². The molecule has 2 nitrogen and oxygen atoms in total. The maximum Gasteiger partial charge on any atom is 0.0933 e. The maximum atomic E-state index is 8.49. The van der Waals surface area contributed by atoms with Gasteiger partial charge in [-0.15, -0.1) is 0 Å². The zero-order valence-electron chi connectivity index (χ0n) is 6.38. The van der Waals surface area contributed by atoms with Crippen molar-refractivity contribution in [1.82, 2.24) is 5.32 Å². The Balaban J connectivity index is 2.02. The monoisotopic (exact) mass is 141 g/mol. The average molecular weight is 141 g/mol. The van der Waals surface area contributed by atoms with Crippen LogP contribution in [0.2, 0.25) is 0 Å². The van der Waals surface area contributed by atoms with E-state index in [9.17, 15) is 0 Å². The Morgan fingerprint density at radius 2 is 2.50 bits per heavy atom. The van der Waals surface area contributed by atoms with Crippen molar-refractivity contribution in [3.63, 3.8) is 0 Å². The summed E-state index contributed by atoms with van der Waals surface area (Å²) in [5.74, 6) is 0.781. The van der Waals surface area contributed by atoms with E-state index in [2.05, 4.69) is 17.5 Å². The van der Waals surface area contributed by atoms with Crippen LogP contribution in [0.25, 0.3) is 0 Å². The van der Waals surface area contributed by atoms with Gasteiger partial charge in [0.05, 0.1) is 6.73 Å². The van der Waals surface area contributed by atoms with Gasteiger partial charge in [-0.1, -0.05) is 12.2 Å². The van der Waals surface area contributed by atoms with Gasteiger partial charge in [0, 0.05) is 6.04 Å². The van der Waals surface area contributed by atoms with Crippen molar-refractivity contribution in [1.29, 1.82) is 0 Å². The van der Waals surface area contributed by atoms with Crippen molar-refractivity contribution in [2.24, 2.45) is 5.92 Å². The second-order valence-electron chi connectivity index (χ2n) is 2.77. The van der Waals surface area contributed by atoms with Crippen molar-refractivity contribution < 1.29 is 5.11 Å². The molecule has 0 heterocycles. The first-order chi connectivity index (χ1) is 4.88. The fourth-order valence-electron chi connectivity index (χ4n) is 1.19. The van der Waals surface area contributed by atoms with Crippen LogP contribution in [0.3, 0.4) is 0 Å². The molecule has 0 saturated heterocycles. The van der Waals surface area contributed by atoms with Gasteiger partial charge in [-0.2, -0.15) is 0 Å². The van der Waals surface area contributed by atoms with Crippen LogP contribution in [0.1, 0.15) is 19.8 Å². The molecule has 1 aliphatic carbocycles. The topological polar surface area (TPSA) is 32.3 Å². The molecule has 0 spiro atoms. The third kappa shape index (κ3) is 2.12. The minimum atomic E-state index is 0.122. The third-order valence-electron chi connectivity index (χ3n) is 1.95. The van der Waals surface area contributed by atoms with Crippen LogP contribution >= 0.6 is 0 Å². The molecule has 0 aliphatic heterocycles. The molecule has 58 valence electrons. The van der Waals surface area contributed by atoms with E-state index in [1.165, 1.54) is 6.42 Å². The molecule has 2 unspecified atom stereocenters. The van der Waals surface area contributed by atoms with Crippen molar-refractivity contribution >= 4 is 0 Å². The van der Waals surface area contributed by atoms with E-state index >= 15 is 0 Å². The highest BCUT2D eigenvalue weighted by atomic mass is 16.3. The number of hydrogen-bond acceptors (Lipinski definition) is 2. The van der Waals surface area contributed by atoms with Crippen LogP contribution in [-0.4, -0.2) is 17.9 Å². The maximum absolute atomic E-state index is 8.49. The first kappa shape index (κ1) is 7.76. The molecule has 0 aromatic heterocycles. The lowest BCUT2D eigenvalue weighted by Crippen LogP contribution is -2.18. The van der Waals surface area contributed by atoms with Gasteiger partial charge in [0.15, 0.2) is 0 Å². The first-order valence-corrected chi connectivity index (χ1v) is 3.84. The van der Waals surface area contributed by atoms with Gasteiger partial charge in [-0.25, -0.2) is 0 Å². The quantitative estimate of drug-likeness (QED) is 0.450. The fourth-order valence-corrected chi connectivity index (χ4v) is 1.19.